The number of urea groups is 1. The maximum atomic E-state index is 15.5. The summed E-state index contributed by atoms with van der Waals surface area (Å²) in [7, 11) is 0. The van der Waals surface area contributed by atoms with Crippen LogP contribution in [0.5, 0.6) is 5.75 Å². The van der Waals surface area contributed by atoms with Crippen LogP contribution in [-0.4, -0.2) is 74.4 Å². The van der Waals surface area contributed by atoms with Gasteiger partial charge in [0.15, 0.2) is 5.78 Å². The van der Waals surface area contributed by atoms with Gasteiger partial charge in [0.2, 0.25) is 11.5 Å². The van der Waals surface area contributed by atoms with E-state index in [-0.39, 0.29) is 54.8 Å². The van der Waals surface area contributed by atoms with Crippen LogP contribution in [-0.2, 0) is 28.8 Å². The Morgan fingerprint density at radius 3 is 2.63 bits per heavy atom. The Morgan fingerprint density at radius 2 is 2.00 bits per heavy atom. The molecule has 1 aliphatic carbocycles. The van der Waals surface area contributed by atoms with Gasteiger partial charge in [-0.05, 0) is 43.5 Å². The molecule has 2 aromatic rings. The van der Waals surface area contributed by atoms with E-state index in [1.54, 1.807) is 6.92 Å². The van der Waals surface area contributed by atoms with Crippen LogP contribution in [0.25, 0.3) is 0 Å². The van der Waals surface area contributed by atoms with Crippen LogP contribution in [0.4, 0.5) is 15.0 Å². The SMILES string of the molecule is CCC(=O)c1ccc(F)c([C@@H]2C[C@@H]2NC(=O)Nc2ccc(C#N)cn2)c1OC(O)(O)O[C@@]1(O)O[C@@](N)([C@@H](C)CC)C(=O)OOCCCC1=O. The minimum absolute atomic E-state index is 0.107. The van der Waals surface area contributed by atoms with Gasteiger partial charge >= 0.3 is 24.1 Å². The molecule has 18 heteroatoms. The van der Waals surface area contributed by atoms with Crippen molar-refractivity contribution in [3.05, 3.63) is 53.0 Å². The van der Waals surface area contributed by atoms with E-state index in [9.17, 15) is 34.5 Å². The number of ether oxygens (including phenoxy) is 3. The summed E-state index contributed by atoms with van der Waals surface area (Å²) in [6.07, 6.45) is -3.41. The van der Waals surface area contributed by atoms with Gasteiger partial charge in [-0.2, -0.15) is 10.1 Å². The number of nitrogens with two attached hydrogens (primary N) is 1. The number of nitriles is 1. The van der Waals surface area contributed by atoms with Gasteiger partial charge < -0.3 is 25.4 Å². The van der Waals surface area contributed by atoms with E-state index in [1.165, 1.54) is 32.2 Å². The molecule has 0 bridgehead atoms. The van der Waals surface area contributed by atoms with E-state index in [2.05, 4.69) is 20.5 Å². The molecular formula is C31H36FN5O12. The van der Waals surface area contributed by atoms with E-state index < -0.39 is 77.3 Å². The number of amides is 2. The minimum atomic E-state index is -4.03. The van der Waals surface area contributed by atoms with E-state index in [0.29, 0.717) is 0 Å². The minimum Gasteiger partial charge on any atom is -0.415 e. The van der Waals surface area contributed by atoms with E-state index in [0.717, 1.165) is 12.1 Å². The first-order valence-electron chi connectivity index (χ1n) is 15.3. The average molecular weight is 690 g/mol. The second-order valence-corrected chi connectivity index (χ2v) is 11.5. The van der Waals surface area contributed by atoms with Gasteiger partial charge in [0.1, 0.15) is 23.5 Å². The predicted octanol–water partition coefficient (Wildman–Crippen LogP) is 1.56. The number of rotatable bonds is 11. The van der Waals surface area contributed by atoms with Crippen LogP contribution >= 0.6 is 0 Å². The normalized spacial score (nSPS) is 25.0. The van der Waals surface area contributed by atoms with Crippen molar-refractivity contribution in [2.45, 2.75) is 82.7 Å². The number of nitrogens with one attached hydrogen (secondary N) is 2. The quantitative estimate of drug-likeness (QED) is 0.111. The molecule has 2 aliphatic rings. The van der Waals surface area contributed by atoms with Crippen molar-refractivity contribution in [1.29, 1.82) is 5.26 Å². The summed E-state index contributed by atoms with van der Waals surface area (Å²) in [5.74, 6) is -10.4. The largest absolute Gasteiger partial charge is 0.460 e. The van der Waals surface area contributed by atoms with Gasteiger partial charge in [0.05, 0.1) is 17.7 Å². The van der Waals surface area contributed by atoms with E-state index in [1.807, 2.05) is 6.07 Å². The van der Waals surface area contributed by atoms with Crippen molar-refractivity contribution in [1.82, 2.24) is 10.3 Å². The molecule has 264 valence electrons. The van der Waals surface area contributed by atoms with Gasteiger partial charge in [-0.15, -0.1) is 0 Å². The number of benzene rings is 1. The van der Waals surface area contributed by atoms with E-state index >= 15 is 4.39 Å². The third-order valence-electron chi connectivity index (χ3n) is 7.97. The maximum Gasteiger partial charge on any atom is 0.460 e. The maximum absolute atomic E-state index is 15.5. The molecule has 1 saturated heterocycles. The van der Waals surface area contributed by atoms with Crippen molar-refractivity contribution in [3.63, 3.8) is 0 Å². The Bertz CT molecular complexity index is 1630. The number of aliphatic hydroxyl groups is 3. The lowest BCUT2D eigenvalue weighted by atomic mass is 9.95. The summed E-state index contributed by atoms with van der Waals surface area (Å²) in [6, 6.07) is 5.21. The Labute approximate surface area is 279 Å². The highest BCUT2D eigenvalue weighted by molar-refractivity contribution is 5.99. The second kappa shape index (κ2) is 14.9. The second-order valence-electron chi connectivity index (χ2n) is 11.5. The summed E-state index contributed by atoms with van der Waals surface area (Å²) in [5, 5.41) is 47.1. The Kier molecular flexibility index (Phi) is 11.3. The molecule has 17 nitrogen and oxygen atoms in total. The molecule has 7 N–H and O–H groups in total. The number of halogens is 1. The number of Topliss-reactive ketones (excluding diaryl/α,β-unsaturated/α-hetero) is 2. The van der Waals surface area contributed by atoms with E-state index in [4.69, 9.17) is 30.1 Å². The summed E-state index contributed by atoms with van der Waals surface area (Å²) < 4.78 is 30.9. The average Bonchev–Trinajstić information content (AvgIpc) is 3.80. The topological polar surface area (TPSA) is 262 Å². The Hall–Kier alpha value is -4.61. The summed E-state index contributed by atoms with van der Waals surface area (Å²) in [5.41, 5.74) is 3.06. The lowest BCUT2D eigenvalue weighted by molar-refractivity contribution is -0.528. The zero-order valence-corrected chi connectivity index (χ0v) is 26.7. The zero-order valence-electron chi connectivity index (χ0n) is 26.7. The van der Waals surface area contributed by atoms with Crippen molar-refractivity contribution >= 4 is 29.4 Å². The van der Waals surface area contributed by atoms with Gasteiger partial charge in [0, 0.05) is 42.5 Å². The fraction of sp³-hybridized carbons (Fsp3) is 0.484. The monoisotopic (exact) mass is 689 g/mol. The standard InChI is InChI=1S/C31H36FN5O12/c1-4-16(3)29(34)27(40)47-45-12-6-7-23(39)30(42,48-29)49-31(43,44)46-26-18(22(38)5-2)9-10-20(32)25(26)19-13-21(19)36-28(41)37-24-11-8-17(14-33)15-35-24/h8-11,15-16,19,21,42-44H,4-7,12-13,34H2,1-3H3,(H2,35,36,37,41)/t16-,19+,21-,29-,30-/m0/s1. The molecule has 0 spiro atoms. The van der Waals surface area contributed by atoms with Crippen LogP contribution in [0, 0.1) is 23.1 Å². The number of nitrogens with zero attached hydrogens (tertiary/aromatic N) is 2. The highest BCUT2D eigenvalue weighted by Crippen LogP contribution is 2.48. The smallest absolute Gasteiger partial charge is 0.415 e. The van der Waals surface area contributed by atoms with Crippen LogP contribution in [0.3, 0.4) is 0 Å². The molecule has 0 radical (unpaired) electrons. The molecule has 2 fully saturated rings. The van der Waals surface area contributed by atoms with Gasteiger partial charge in [0.25, 0.3) is 0 Å². The summed E-state index contributed by atoms with van der Waals surface area (Å²) >= 11 is 0. The van der Waals surface area contributed by atoms with Crippen molar-refractivity contribution < 1.29 is 62.9 Å². The number of hydrogen-bond donors (Lipinski definition) is 6. The molecule has 4 rings (SSSR count). The number of carbonyl (C=O) groups excluding carboxylic acids is 4. The van der Waals surface area contributed by atoms with Crippen LogP contribution in [0.15, 0.2) is 30.5 Å². The number of ketones is 2. The highest BCUT2D eigenvalue weighted by atomic mass is 19.1. The van der Waals surface area contributed by atoms with Crippen molar-refractivity contribution in [2.24, 2.45) is 11.7 Å². The third-order valence-corrected chi connectivity index (χ3v) is 7.97. The van der Waals surface area contributed by atoms with Crippen LogP contribution in [0.2, 0.25) is 0 Å². The number of carbonyl (C=O) groups is 4. The summed E-state index contributed by atoms with van der Waals surface area (Å²) in [4.78, 5) is 64.8. The molecule has 1 aliphatic heterocycles. The molecule has 2 heterocycles. The molecule has 49 heavy (non-hydrogen) atoms. The van der Waals surface area contributed by atoms with Crippen molar-refractivity contribution in [3.8, 4) is 11.8 Å². The Balaban J connectivity index is 1.63. The third kappa shape index (κ3) is 8.52. The fourth-order valence-corrected chi connectivity index (χ4v) is 4.92. The molecule has 2 amide bonds. The molecule has 1 saturated carbocycles. The van der Waals surface area contributed by atoms with Crippen molar-refractivity contribution in [2.75, 3.05) is 11.9 Å². The predicted molar refractivity (Wildman–Crippen MR) is 161 cm³/mol. The zero-order chi connectivity index (χ0) is 36.1. The molecular weight excluding hydrogens is 653 g/mol. The lowest BCUT2D eigenvalue weighted by Crippen LogP contribution is -2.65. The number of aromatic nitrogens is 1. The molecule has 1 aromatic heterocycles. The first-order valence-corrected chi connectivity index (χ1v) is 15.3. The molecule has 0 unspecified atom stereocenters. The lowest BCUT2D eigenvalue weighted by Gasteiger charge is -2.40. The van der Waals surface area contributed by atoms with Crippen LogP contribution < -0.4 is 21.1 Å². The van der Waals surface area contributed by atoms with Gasteiger partial charge in [-0.25, -0.2) is 23.7 Å². The number of anilines is 1. The number of hydrogen-bond acceptors (Lipinski definition) is 15. The van der Waals surface area contributed by atoms with Crippen LogP contribution in [0.1, 0.15) is 80.3 Å². The highest BCUT2D eigenvalue weighted by Gasteiger charge is 2.57. The van der Waals surface area contributed by atoms with Gasteiger partial charge in [-0.1, -0.05) is 20.8 Å². The summed E-state index contributed by atoms with van der Waals surface area (Å²) in [6.45, 7) is 4.17. The fourth-order valence-electron chi connectivity index (χ4n) is 4.92. The number of pyridine rings is 1. The van der Waals surface area contributed by atoms with Gasteiger partial charge in [-0.3, -0.25) is 30.3 Å². The Morgan fingerprint density at radius 1 is 1.27 bits per heavy atom. The molecule has 1 aromatic carbocycles. The molecule has 5 atom stereocenters. The first-order chi connectivity index (χ1) is 23.1. The first kappa shape index (κ1) is 37.2.